The minimum Gasteiger partial charge on any atom is -0.493 e. The fraction of sp³-hybridized carbons (Fsp3) is 0.348. The van der Waals surface area contributed by atoms with Crippen LogP contribution in [-0.2, 0) is 6.42 Å². The quantitative estimate of drug-likeness (QED) is 0.569. The van der Waals surface area contributed by atoms with E-state index in [1.54, 1.807) is 12.3 Å². The molecular weight excluding hydrogens is 367 g/mol. The molecule has 1 aromatic carbocycles. The first-order valence-corrected chi connectivity index (χ1v) is 9.99. The number of aromatic nitrogens is 3. The third kappa shape index (κ3) is 4.70. The third-order valence-corrected chi connectivity index (χ3v) is 5.42. The van der Waals surface area contributed by atoms with Crippen molar-refractivity contribution >= 4 is 5.95 Å². The summed E-state index contributed by atoms with van der Waals surface area (Å²) in [4.78, 5) is 14.8. The average Bonchev–Trinajstić information content (AvgIpc) is 3.51. The number of anilines is 1. The molecule has 6 heteroatoms. The van der Waals surface area contributed by atoms with Gasteiger partial charge in [-0.2, -0.15) is 0 Å². The second kappa shape index (κ2) is 8.55. The topological polar surface area (TPSA) is 51.1 Å². The molecule has 2 atom stereocenters. The molecule has 2 aromatic heterocycles. The van der Waals surface area contributed by atoms with Gasteiger partial charge in [0.2, 0.25) is 5.95 Å². The van der Waals surface area contributed by atoms with E-state index in [-0.39, 0.29) is 5.82 Å². The molecule has 4 rings (SSSR count). The lowest BCUT2D eigenvalue weighted by molar-refractivity contribution is 0.292. The van der Waals surface area contributed by atoms with Gasteiger partial charge in [0.15, 0.2) is 0 Å². The highest BCUT2D eigenvalue weighted by atomic mass is 19.1. The number of rotatable bonds is 8. The molecule has 0 bridgehead atoms. The van der Waals surface area contributed by atoms with E-state index in [1.807, 2.05) is 43.7 Å². The van der Waals surface area contributed by atoms with Crippen LogP contribution in [0.1, 0.15) is 18.9 Å². The van der Waals surface area contributed by atoms with E-state index in [4.69, 9.17) is 4.74 Å². The Hall–Kier alpha value is -3.02. The molecule has 0 radical (unpaired) electrons. The summed E-state index contributed by atoms with van der Waals surface area (Å²) in [5, 5.41) is 0. The maximum Gasteiger partial charge on any atom is 0.225 e. The van der Waals surface area contributed by atoms with E-state index in [1.165, 1.54) is 6.20 Å². The number of halogens is 1. The number of benzene rings is 1. The Labute approximate surface area is 170 Å². The van der Waals surface area contributed by atoms with Crippen molar-refractivity contribution in [1.29, 1.82) is 0 Å². The van der Waals surface area contributed by atoms with Crippen LogP contribution in [0.3, 0.4) is 0 Å². The van der Waals surface area contributed by atoms with Crippen molar-refractivity contribution in [2.24, 2.45) is 11.8 Å². The van der Waals surface area contributed by atoms with Crippen molar-refractivity contribution in [3.63, 3.8) is 0 Å². The lowest BCUT2D eigenvalue weighted by atomic mass is 10.1. The molecule has 1 saturated carbocycles. The smallest absolute Gasteiger partial charge is 0.225 e. The van der Waals surface area contributed by atoms with Crippen LogP contribution in [-0.4, -0.2) is 35.2 Å². The summed E-state index contributed by atoms with van der Waals surface area (Å²) in [7, 11) is 2.04. The summed E-state index contributed by atoms with van der Waals surface area (Å²) >= 11 is 0. The van der Waals surface area contributed by atoms with Crippen LogP contribution < -0.4 is 9.64 Å². The molecule has 0 saturated heterocycles. The summed E-state index contributed by atoms with van der Waals surface area (Å²) in [5.41, 5.74) is 2.51. The molecule has 2 unspecified atom stereocenters. The van der Waals surface area contributed by atoms with Crippen LogP contribution in [0.5, 0.6) is 5.75 Å². The van der Waals surface area contributed by atoms with Gasteiger partial charge in [0, 0.05) is 37.7 Å². The summed E-state index contributed by atoms with van der Waals surface area (Å²) in [5.74, 6) is 2.40. The van der Waals surface area contributed by atoms with Gasteiger partial charge in [0.1, 0.15) is 11.6 Å². The molecule has 29 heavy (non-hydrogen) atoms. The summed E-state index contributed by atoms with van der Waals surface area (Å²) in [6.45, 7) is 3.72. The number of pyridine rings is 1. The molecule has 1 fully saturated rings. The van der Waals surface area contributed by atoms with Gasteiger partial charge in [-0.25, -0.2) is 14.4 Å². The first-order valence-electron chi connectivity index (χ1n) is 9.99. The van der Waals surface area contributed by atoms with Gasteiger partial charge in [-0.15, -0.1) is 0 Å². The van der Waals surface area contributed by atoms with Gasteiger partial charge >= 0.3 is 0 Å². The Morgan fingerprint density at radius 3 is 2.52 bits per heavy atom. The number of aryl methyl sites for hydroxylation is 1. The Balaban J connectivity index is 1.26. The normalized spacial score (nSPS) is 17.8. The minimum absolute atomic E-state index is 0.320. The van der Waals surface area contributed by atoms with Crippen molar-refractivity contribution in [3.05, 3.63) is 66.5 Å². The third-order valence-electron chi connectivity index (χ3n) is 5.42. The first kappa shape index (κ1) is 19.3. The van der Waals surface area contributed by atoms with Gasteiger partial charge in [0.05, 0.1) is 12.8 Å². The second-order valence-corrected chi connectivity index (χ2v) is 7.57. The van der Waals surface area contributed by atoms with E-state index in [0.717, 1.165) is 42.2 Å². The Morgan fingerprint density at radius 1 is 1.07 bits per heavy atom. The van der Waals surface area contributed by atoms with E-state index in [9.17, 15) is 4.39 Å². The van der Waals surface area contributed by atoms with E-state index >= 15 is 0 Å². The predicted octanol–water partition coefficient (Wildman–Crippen LogP) is 4.39. The molecule has 0 spiro atoms. The van der Waals surface area contributed by atoms with E-state index in [2.05, 4.69) is 26.8 Å². The summed E-state index contributed by atoms with van der Waals surface area (Å²) < 4.78 is 19.8. The van der Waals surface area contributed by atoms with Crippen LogP contribution in [0.2, 0.25) is 0 Å². The molecule has 1 aliphatic rings. The highest BCUT2D eigenvalue weighted by Crippen LogP contribution is 2.39. The molecular formula is C23H25FN4O. The van der Waals surface area contributed by atoms with Crippen molar-refractivity contribution in [2.75, 3.05) is 25.1 Å². The Kier molecular flexibility index (Phi) is 5.69. The molecule has 3 aromatic rings. The van der Waals surface area contributed by atoms with Crippen molar-refractivity contribution in [2.45, 2.75) is 19.8 Å². The van der Waals surface area contributed by atoms with Crippen LogP contribution >= 0.6 is 0 Å². The standard InChI is InChI=1S/C23H25FN4O/c1-3-16-11-26-23(27-12-16)28(2)14-18-10-19(18)15-29-20-6-4-17(5-7-20)21-8-9-25-13-22(21)24/h4-9,11-13,18-19H,3,10,14-15H2,1-2H3. The fourth-order valence-electron chi connectivity index (χ4n) is 3.44. The van der Waals surface area contributed by atoms with Crippen LogP contribution in [0.25, 0.3) is 11.1 Å². The van der Waals surface area contributed by atoms with Crippen molar-refractivity contribution in [3.8, 4) is 16.9 Å². The Morgan fingerprint density at radius 2 is 1.83 bits per heavy atom. The fourth-order valence-corrected chi connectivity index (χ4v) is 3.44. The SMILES string of the molecule is CCc1cnc(N(C)CC2CC2COc2ccc(-c3ccncc3F)cc2)nc1. The number of hydrogen-bond acceptors (Lipinski definition) is 5. The monoisotopic (exact) mass is 392 g/mol. The van der Waals surface area contributed by atoms with Gasteiger partial charge in [-0.1, -0.05) is 19.1 Å². The highest BCUT2D eigenvalue weighted by Gasteiger charge is 2.38. The molecule has 1 aliphatic carbocycles. The van der Waals surface area contributed by atoms with Crippen molar-refractivity contribution in [1.82, 2.24) is 15.0 Å². The zero-order chi connectivity index (χ0) is 20.2. The lowest BCUT2D eigenvalue weighted by Gasteiger charge is -2.17. The predicted molar refractivity (Wildman–Crippen MR) is 111 cm³/mol. The van der Waals surface area contributed by atoms with Gasteiger partial charge in [-0.3, -0.25) is 4.98 Å². The lowest BCUT2D eigenvalue weighted by Crippen LogP contribution is -2.23. The highest BCUT2D eigenvalue weighted by molar-refractivity contribution is 5.64. The van der Waals surface area contributed by atoms with E-state index < -0.39 is 0 Å². The zero-order valence-corrected chi connectivity index (χ0v) is 16.8. The van der Waals surface area contributed by atoms with Gasteiger partial charge < -0.3 is 9.64 Å². The molecule has 0 aliphatic heterocycles. The van der Waals surface area contributed by atoms with Gasteiger partial charge in [-0.05, 0) is 54.0 Å². The average molecular weight is 392 g/mol. The van der Waals surface area contributed by atoms with Crippen LogP contribution in [0, 0.1) is 17.7 Å². The molecule has 2 heterocycles. The first-order chi connectivity index (χ1) is 14.1. The Bertz CT molecular complexity index is 946. The molecule has 150 valence electrons. The van der Waals surface area contributed by atoms with Crippen LogP contribution in [0.4, 0.5) is 10.3 Å². The second-order valence-electron chi connectivity index (χ2n) is 7.57. The molecule has 0 N–H and O–H groups in total. The number of ether oxygens (including phenoxy) is 1. The summed E-state index contributed by atoms with van der Waals surface area (Å²) in [6.07, 6.45) is 8.72. The maximum absolute atomic E-state index is 13.8. The number of nitrogens with zero attached hydrogens (tertiary/aromatic N) is 4. The minimum atomic E-state index is -0.320. The largest absolute Gasteiger partial charge is 0.493 e. The number of hydrogen-bond donors (Lipinski definition) is 0. The molecule has 0 amide bonds. The zero-order valence-electron chi connectivity index (χ0n) is 16.8. The van der Waals surface area contributed by atoms with Crippen LogP contribution in [0.15, 0.2) is 55.1 Å². The summed E-state index contributed by atoms with van der Waals surface area (Å²) in [6, 6.07) is 9.21. The van der Waals surface area contributed by atoms with E-state index in [0.29, 0.717) is 24.0 Å². The molecule has 5 nitrogen and oxygen atoms in total. The van der Waals surface area contributed by atoms with Gasteiger partial charge in [0.25, 0.3) is 0 Å². The van der Waals surface area contributed by atoms with Crippen molar-refractivity contribution < 1.29 is 9.13 Å². The maximum atomic E-state index is 13.8.